The minimum atomic E-state index is -0.962. The number of aliphatic hydroxyl groups excluding tert-OH is 1. The molecule has 1 aliphatic rings. The zero-order chi connectivity index (χ0) is 30.1. The average Bonchev–Trinajstić information content (AvgIpc) is 2.97. The van der Waals surface area contributed by atoms with Gasteiger partial charge in [-0.3, -0.25) is 4.79 Å². The summed E-state index contributed by atoms with van der Waals surface area (Å²) in [7, 11) is 0. The van der Waals surface area contributed by atoms with E-state index in [9.17, 15) is 18.7 Å². The first-order valence-electron chi connectivity index (χ1n) is 14.6. The second kappa shape index (κ2) is 18.6. The summed E-state index contributed by atoms with van der Waals surface area (Å²) in [5, 5.41) is 17.2. The largest absolute Gasteiger partial charge is 0.390 e. The standard InChI is InChI=1S/C31H44F2N2O4.C2H2/c1-3-5-12-31(38-14-8-15-39-31)13-7-11-30(37)35-28(19-25-17-26(32)20-27(33)18-25)29(36)22-34-21-24-10-6-9-23(4-2)16-24;1-2/h6,9-10,16-18,20,28-29,34,36H,3-5,7-8,11-15,19,21-22H2,1-2H3,(H,35,37);1-2H. The van der Waals surface area contributed by atoms with Crippen LogP contribution in [0.2, 0.25) is 0 Å². The molecule has 2 unspecified atom stereocenters. The molecule has 226 valence electrons. The number of halogens is 2. The smallest absolute Gasteiger partial charge is 0.220 e. The van der Waals surface area contributed by atoms with Crippen molar-refractivity contribution in [3.05, 3.63) is 70.8 Å². The van der Waals surface area contributed by atoms with Crippen LogP contribution < -0.4 is 10.6 Å². The summed E-state index contributed by atoms with van der Waals surface area (Å²) in [6.07, 6.45) is 13.2. The van der Waals surface area contributed by atoms with E-state index in [1.165, 1.54) is 17.7 Å². The number of terminal acetylenes is 1. The van der Waals surface area contributed by atoms with Gasteiger partial charge in [-0.25, -0.2) is 8.78 Å². The molecule has 2 atom stereocenters. The second-order valence-corrected chi connectivity index (χ2v) is 10.4. The molecular formula is C33H46F2N2O4. The molecule has 1 saturated heterocycles. The molecule has 0 aromatic heterocycles. The van der Waals surface area contributed by atoms with Crippen molar-refractivity contribution in [2.45, 2.75) is 96.1 Å². The van der Waals surface area contributed by atoms with Gasteiger partial charge in [0.05, 0.1) is 25.4 Å². The van der Waals surface area contributed by atoms with Crippen LogP contribution in [0.25, 0.3) is 0 Å². The maximum Gasteiger partial charge on any atom is 0.220 e. The number of carbonyl (C=O) groups is 1. The molecule has 1 fully saturated rings. The number of aryl methyl sites for hydroxylation is 1. The van der Waals surface area contributed by atoms with E-state index in [2.05, 4.69) is 49.5 Å². The van der Waals surface area contributed by atoms with Gasteiger partial charge in [0.25, 0.3) is 0 Å². The van der Waals surface area contributed by atoms with E-state index < -0.39 is 29.6 Å². The predicted molar refractivity (Wildman–Crippen MR) is 158 cm³/mol. The normalized spacial score (nSPS) is 15.8. The quantitative estimate of drug-likeness (QED) is 0.233. The summed E-state index contributed by atoms with van der Waals surface area (Å²) in [6.45, 7) is 6.30. The van der Waals surface area contributed by atoms with E-state index in [1.54, 1.807) is 0 Å². The van der Waals surface area contributed by atoms with Gasteiger partial charge in [0, 0.05) is 38.4 Å². The van der Waals surface area contributed by atoms with E-state index in [0.29, 0.717) is 38.2 Å². The number of amides is 1. The molecule has 1 aliphatic heterocycles. The fourth-order valence-electron chi connectivity index (χ4n) is 5.01. The Morgan fingerprint density at radius 3 is 2.32 bits per heavy atom. The highest BCUT2D eigenvalue weighted by molar-refractivity contribution is 5.76. The second-order valence-electron chi connectivity index (χ2n) is 10.4. The topological polar surface area (TPSA) is 79.8 Å². The molecule has 0 radical (unpaired) electrons. The Labute approximate surface area is 244 Å². The summed E-state index contributed by atoms with van der Waals surface area (Å²) < 4.78 is 39.7. The van der Waals surface area contributed by atoms with Gasteiger partial charge in [-0.05, 0) is 60.9 Å². The Kier molecular flexibility index (Phi) is 15.6. The summed E-state index contributed by atoms with van der Waals surface area (Å²) in [5.74, 6) is -2.24. The predicted octanol–water partition coefficient (Wildman–Crippen LogP) is 5.45. The molecule has 0 spiro atoms. The van der Waals surface area contributed by atoms with Crippen LogP contribution in [-0.2, 0) is 33.7 Å². The molecule has 3 N–H and O–H groups in total. The Hall–Kier alpha value is -2.83. The number of nitrogens with one attached hydrogen (secondary N) is 2. The summed E-state index contributed by atoms with van der Waals surface area (Å²) in [5.41, 5.74) is 2.70. The minimum Gasteiger partial charge on any atom is -0.390 e. The maximum atomic E-state index is 13.8. The van der Waals surface area contributed by atoms with Gasteiger partial charge in [0.15, 0.2) is 5.79 Å². The molecule has 0 bridgehead atoms. The van der Waals surface area contributed by atoms with Gasteiger partial charge < -0.3 is 25.2 Å². The van der Waals surface area contributed by atoms with Gasteiger partial charge in [0.2, 0.25) is 5.91 Å². The molecule has 2 aromatic rings. The van der Waals surface area contributed by atoms with Crippen LogP contribution in [0, 0.1) is 24.5 Å². The number of benzene rings is 2. The molecule has 3 rings (SSSR count). The highest BCUT2D eigenvalue weighted by atomic mass is 19.1. The first-order chi connectivity index (χ1) is 19.8. The van der Waals surface area contributed by atoms with Gasteiger partial charge >= 0.3 is 0 Å². The van der Waals surface area contributed by atoms with E-state index in [0.717, 1.165) is 43.7 Å². The van der Waals surface area contributed by atoms with Crippen molar-refractivity contribution in [1.82, 2.24) is 10.6 Å². The fraction of sp³-hybridized carbons (Fsp3) is 0.545. The number of rotatable bonds is 16. The number of hydrogen-bond donors (Lipinski definition) is 3. The molecule has 0 saturated carbocycles. The molecule has 8 heteroatoms. The Morgan fingerprint density at radius 2 is 1.66 bits per heavy atom. The van der Waals surface area contributed by atoms with Gasteiger partial charge in [-0.15, -0.1) is 12.8 Å². The fourth-order valence-corrected chi connectivity index (χ4v) is 5.01. The highest BCUT2D eigenvalue weighted by Crippen LogP contribution is 2.30. The third-order valence-corrected chi connectivity index (χ3v) is 7.16. The minimum absolute atomic E-state index is 0.0985. The van der Waals surface area contributed by atoms with E-state index in [-0.39, 0.29) is 25.3 Å². The highest BCUT2D eigenvalue weighted by Gasteiger charge is 2.33. The van der Waals surface area contributed by atoms with Crippen LogP contribution in [0.3, 0.4) is 0 Å². The molecule has 41 heavy (non-hydrogen) atoms. The molecule has 1 heterocycles. The number of aliphatic hydroxyl groups is 1. The summed E-state index contributed by atoms with van der Waals surface area (Å²) >= 11 is 0. The van der Waals surface area contributed by atoms with Crippen molar-refractivity contribution in [3.63, 3.8) is 0 Å². The van der Waals surface area contributed by atoms with Crippen molar-refractivity contribution in [2.24, 2.45) is 0 Å². The summed E-state index contributed by atoms with van der Waals surface area (Å²) in [4.78, 5) is 12.9. The molecule has 0 aliphatic carbocycles. The van der Waals surface area contributed by atoms with Crippen molar-refractivity contribution >= 4 is 5.91 Å². The lowest BCUT2D eigenvalue weighted by atomic mass is 9.99. The zero-order valence-corrected chi connectivity index (χ0v) is 24.5. The third-order valence-electron chi connectivity index (χ3n) is 7.16. The Morgan fingerprint density at radius 1 is 1.00 bits per heavy atom. The monoisotopic (exact) mass is 572 g/mol. The third kappa shape index (κ3) is 12.3. The van der Waals surface area contributed by atoms with Crippen LogP contribution in [0.4, 0.5) is 8.78 Å². The maximum absolute atomic E-state index is 13.8. The number of ether oxygens (including phenoxy) is 2. The van der Waals surface area contributed by atoms with E-state index >= 15 is 0 Å². The first kappa shape index (κ1) is 34.4. The van der Waals surface area contributed by atoms with Crippen LogP contribution >= 0.6 is 0 Å². The Balaban J connectivity index is 0.00000287. The number of carbonyl (C=O) groups excluding carboxylic acids is 1. The van der Waals surface area contributed by atoms with Crippen LogP contribution in [-0.4, -0.2) is 48.7 Å². The number of hydrogen-bond acceptors (Lipinski definition) is 5. The van der Waals surface area contributed by atoms with Crippen molar-refractivity contribution in [3.8, 4) is 12.8 Å². The molecule has 1 amide bonds. The van der Waals surface area contributed by atoms with Gasteiger partial charge in [-0.1, -0.05) is 44.5 Å². The first-order valence-corrected chi connectivity index (χ1v) is 14.6. The molecular weight excluding hydrogens is 526 g/mol. The Bertz CT molecular complexity index is 1050. The van der Waals surface area contributed by atoms with Crippen molar-refractivity contribution in [1.29, 1.82) is 0 Å². The van der Waals surface area contributed by atoms with Crippen LogP contribution in [0.5, 0.6) is 0 Å². The summed E-state index contributed by atoms with van der Waals surface area (Å²) in [6, 6.07) is 10.8. The lowest BCUT2D eigenvalue weighted by Gasteiger charge is -2.37. The van der Waals surface area contributed by atoms with Crippen LogP contribution in [0.1, 0.15) is 75.5 Å². The lowest BCUT2D eigenvalue weighted by Crippen LogP contribution is -2.48. The number of unbranched alkanes of at least 4 members (excludes halogenated alkanes) is 1. The van der Waals surface area contributed by atoms with Crippen molar-refractivity contribution in [2.75, 3.05) is 19.8 Å². The van der Waals surface area contributed by atoms with Crippen LogP contribution in [0.15, 0.2) is 42.5 Å². The molecule has 2 aromatic carbocycles. The lowest BCUT2D eigenvalue weighted by molar-refractivity contribution is -0.274. The average molecular weight is 573 g/mol. The van der Waals surface area contributed by atoms with E-state index in [4.69, 9.17) is 9.47 Å². The van der Waals surface area contributed by atoms with Crippen molar-refractivity contribution < 1.29 is 28.2 Å². The van der Waals surface area contributed by atoms with Gasteiger partial charge in [0.1, 0.15) is 11.6 Å². The van der Waals surface area contributed by atoms with E-state index in [1.807, 2.05) is 12.1 Å². The zero-order valence-electron chi connectivity index (χ0n) is 24.5. The SMILES string of the molecule is C#C.CCCCC1(CCCC(=O)NC(Cc2cc(F)cc(F)c2)C(O)CNCc2cccc(CC)c2)OCCCO1. The van der Waals surface area contributed by atoms with Gasteiger partial charge in [-0.2, -0.15) is 0 Å². The molecule has 6 nitrogen and oxygen atoms in total.